The van der Waals surface area contributed by atoms with E-state index in [2.05, 4.69) is 0 Å². The normalized spacial score (nSPS) is 48.6. The summed E-state index contributed by atoms with van der Waals surface area (Å²) in [5.41, 5.74) is 0. The molecule has 6 atom stereocenters. The van der Waals surface area contributed by atoms with E-state index in [-0.39, 0.29) is 6.61 Å². The summed E-state index contributed by atoms with van der Waals surface area (Å²) >= 11 is 0. The molecule has 18 heavy (non-hydrogen) atoms. The average molecular weight is 264 g/mol. The van der Waals surface area contributed by atoms with Gasteiger partial charge < -0.3 is 34.3 Å². The van der Waals surface area contributed by atoms with Crippen molar-refractivity contribution < 1.29 is 39.1 Å². The van der Waals surface area contributed by atoms with Crippen LogP contribution in [-0.2, 0) is 23.7 Å². The summed E-state index contributed by atoms with van der Waals surface area (Å²) in [7, 11) is 1.33. The van der Waals surface area contributed by atoms with Gasteiger partial charge in [-0.2, -0.15) is 0 Å². The van der Waals surface area contributed by atoms with Gasteiger partial charge in [-0.3, -0.25) is 0 Å². The van der Waals surface area contributed by atoms with E-state index in [4.69, 9.17) is 24.1 Å². The van der Waals surface area contributed by atoms with Gasteiger partial charge in [0.25, 0.3) is 5.79 Å². The second-order valence-corrected chi connectivity index (χ2v) is 4.40. The third kappa shape index (κ3) is 2.11. The maximum Gasteiger partial charge on any atom is 0.364 e. The van der Waals surface area contributed by atoms with Crippen molar-refractivity contribution in [3.63, 3.8) is 0 Å². The van der Waals surface area contributed by atoms with Crippen molar-refractivity contribution in [3.8, 4) is 0 Å². The zero-order valence-corrected chi connectivity index (χ0v) is 9.98. The Kier molecular flexibility index (Phi) is 3.58. The number of aliphatic hydroxyl groups excluding tert-OH is 2. The minimum absolute atomic E-state index is 0.0723. The highest BCUT2D eigenvalue weighted by atomic mass is 16.8. The number of hydrogen-bond donors (Lipinski definition) is 3. The zero-order chi connectivity index (χ0) is 13.5. The van der Waals surface area contributed by atoms with E-state index in [9.17, 15) is 15.0 Å². The first-order chi connectivity index (χ1) is 8.39. The van der Waals surface area contributed by atoms with Crippen LogP contribution in [0.15, 0.2) is 0 Å². The van der Waals surface area contributed by atoms with Crippen LogP contribution in [0.1, 0.15) is 6.92 Å². The lowest BCUT2D eigenvalue weighted by Crippen LogP contribution is -2.66. The van der Waals surface area contributed by atoms with Gasteiger partial charge in [0.15, 0.2) is 6.29 Å². The predicted molar refractivity (Wildman–Crippen MR) is 54.5 cm³/mol. The average Bonchev–Trinajstić information content (AvgIpc) is 2.34. The van der Waals surface area contributed by atoms with Crippen LogP contribution in [0, 0.1) is 0 Å². The van der Waals surface area contributed by atoms with E-state index in [1.165, 1.54) is 14.0 Å². The van der Waals surface area contributed by atoms with Crippen LogP contribution in [0.3, 0.4) is 0 Å². The molecule has 0 aliphatic carbocycles. The molecule has 2 rings (SSSR count). The molecule has 2 aliphatic heterocycles. The molecule has 2 fully saturated rings. The fraction of sp³-hybridized carbons (Fsp3) is 0.900. The van der Waals surface area contributed by atoms with Gasteiger partial charge in [-0.25, -0.2) is 4.79 Å². The maximum atomic E-state index is 11.0. The summed E-state index contributed by atoms with van der Waals surface area (Å²) in [5.74, 6) is -3.16. The van der Waals surface area contributed by atoms with Crippen molar-refractivity contribution in [2.45, 2.75) is 43.4 Å². The summed E-state index contributed by atoms with van der Waals surface area (Å²) < 4.78 is 20.5. The van der Waals surface area contributed by atoms with E-state index in [1.54, 1.807) is 0 Å². The molecule has 3 N–H and O–H groups in total. The zero-order valence-electron chi connectivity index (χ0n) is 9.98. The molecular formula is C10H16O8. The van der Waals surface area contributed by atoms with Crippen LogP contribution in [-0.4, -0.2) is 71.5 Å². The minimum atomic E-state index is -1.86. The molecule has 8 heteroatoms. The molecule has 8 nitrogen and oxygen atoms in total. The lowest BCUT2D eigenvalue weighted by Gasteiger charge is -2.47. The first-order valence-electron chi connectivity index (χ1n) is 5.48. The largest absolute Gasteiger partial charge is 0.477 e. The Morgan fingerprint density at radius 3 is 2.61 bits per heavy atom. The SMILES string of the molecule is COC1OC2COC(C)(C(=O)O)OC2C(O)[C@@H]1O. The number of carbonyl (C=O) groups is 1. The molecule has 0 amide bonds. The number of aliphatic hydroxyl groups is 2. The fourth-order valence-electron chi connectivity index (χ4n) is 2.03. The molecule has 104 valence electrons. The smallest absolute Gasteiger partial charge is 0.364 e. The van der Waals surface area contributed by atoms with E-state index < -0.39 is 42.5 Å². The monoisotopic (exact) mass is 264 g/mol. The molecule has 0 aromatic rings. The standard InChI is InChI=1S/C10H16O8/c1-10(9(13)14)16-3-4-7(18-10)5(11)6(12)8(15-2)17-4/h4-8,11-12H,3H2,1-2H3,(H,13,14)/t4?,5?,6-,7?,8?,10?/m0/s1. The van der Waals surface area contributed by atoms with Crippen molar-refractivity contribution >= 4 is 5.97 Å². The molecule has 2 heterocycles. The molecular weight excluding hydrogens is 248 g/mol. The highest BCUT2D eigenvalue weighted by Gasteiger charge is 2.54. The molecule has 0 saturated carbocycles. The molecule has 2 aliphatic rings. The van der Waals surface area contributed by atoms with Gasteiger partial charge in [-0.15, -0.1) is 0 Å². The van der Waals surface area contributed by atoms with Crippen LogP contribution < -0.4 is 0 Å². The van der Waals surface area contributed by atoms with E-state index in [0.717, 1.165) is 0 Å². The first-order valence-corrected chi connectivity index (χ1v) is 5.48. The Morgan fingerprint density at radius 2 is 2.06 bits per heavy atom. The quantitative estimate of drug-likeness (QED) is 0.540. The van der Waals surface area contributed by atoms with Gasteiger partial charge in [0.05, 0.1) is 6.61 Å². The number of carboxylic acids is 1. The highest BCUT2D eigenvalue weighted by Crippen LogP contribution is 2.32. The maximum absolute atomic E-state index is 11.0. The van der Waals surface area contributed by atoms with Crippen LogP contribution >= 0.6 is 0 Å². The van der Waals surface area contributed by atoms with Crippen molar-refractivity contribution in [1.82, 2.24) is 0 Å². The van der Waals surface area contributed by atoms with Gasteiger partial charge in [-0.1, -0.05) is 0 Å². The summed E-state index contributed by atoms with van der Waals surface area (Å²) in [6.07, 6.45) is -5.30. The van der Waals surface area contributed by atoms with Gasteiger partial charge >= 0.3 is 5.97 Å². The van der Waals surface area contributed by atoms with Gasteiger partial charge in [0, 0.05) is 14.0 Å². The van der Waals surface area contributed by atoms with Crippen molar-refractivity contribution in [1.29, 1.82) is 0 Å². The Balaban J connectivity index is 2.15. The summed E-state index contributed by atoms with van der Waals surface area (Å²) in [6, 6.07) is 0. The third-order valence-corrected chi connectivity index (χ3v) is 3.15. The Labute approximate surface area is 103 Å². The summed E-state index contributed by atoms with van der Waals surface area (Å²) in [5, 5.41) is 28.6. The predicted octanol–water partition coefficient (Wildman–Crippen LogP) is -1.70. The van der Waals surface area contributed by atoms with Crippen molar-refractivity contribution in [2.24, 2.45) is 0 Å². The molecule has 0 bridgehead atoms. The minimum Gasteiger partial charge on any atom is -0.477 e. The number of carboxylic acid groups (broad SMARTS) is 1. The lowest BCUT2D eigenvalue weighted by atomic mass is 9.97. The van der Waals surface area contributed by atoms with Crippen LogP contribution in [0.4, 0.5) is 0 Å². The number of aliphatic carboxylic acids is 1. The Bertz CT molecular complexity index is 332. The lowest BCUT2D eigenvalue weighted by molar-refractivity contribution is -0.376. The molecule has 5 unspecified atom stereocenters. The van der Waals surface area contributed by atoms with Crippen LogP contribution in [0.5, 0.6) is 0 Å². The number of rotatable bonds is 2. The molecule has 0 aromatic heterocycles. The Hall–Kier alpha value is -0.770. The van der Waals surface area contributed by atoms with E-state index >= 15 is 0 Å². The van der Waals surface area contributed by atoms with E-state index in [1.807, 2.05) is 0 Å². The highest BCUT2D eigenvalue weighted by molar-refractivity contribution is 5.75. The van der Waals surface area contributed by atoms with Gasteiger partial charge in [-0.05, 0) is 0 Å². The van der Waals surface area contributed by atoms with Gasteiger partial charge in [0.1, 0.15) is 24.4 Å². The number of ether oxygens (including phenoxy) is 4. The van der Waals surface area contributed by atoms with Gasteiger partial charge in [0.2, 0.25) is 0 Å². The topological polar surface area (TPSA) is 115 Å². The second-order valence-electron chi connectivity index (χ2n) is 4.40. The summed E-state index contributed by atoms with van der Waals surface area (Å²) in [6.45, 7) is 1.16. The third-order valence-electron chi connectivity index (χ3n) is 3.15. The van der Waals surface area contributed by atoms with Crippen molar-refractivity contribution in [2.75, 3.05) is 13.7 Å². The fourth-order valence-corrected chi connectivity index (χ4v) is 2.03. The molecule has 0 radical (unpaired) electrons. The number of fused-ring (bicyclic) bond motifs is 1. The van der Waals surface area contributed by atoms with Crippen molar-refractivity contribution in [3.05, 3.63) is 0 Å². The van der Waals surface area contributed by atoms with Crippen LogP contribution in [0.2, 0.25) is 0 Å². The first kappa shape index (κ1) is 13.7. The Morgan fingerprint density at radius 1 is 1.39 bits per heavy atom. The summed E-state index contributed by atoms with van der Waals surface area (Å²) in [4.78, 5) is 11.0. The van der Waals surface area contributed by atoms with E-state index in [0.29, 0.717) is 0 Å². The number of hydrogen-bond acceptors (Lipinski definition) is 7. The number of methoxy groups -OCH3 is 1. The molecule has 0 spiro atoms. The molecule has 0 aromatic carbocycles. The molecule has 2 saturated heterocycles. The second kappa shape index (κ2) is 4.72. The van der Waals surface area contributed by atoms with Crippen LogP contribution in [0.25, 0.3) is 0 Å².